The maximum Gasteiger partial charge on any atom is 0.343 e. The third-order valence-electron chi connectivity index (χ3n) is 2.47. The summed E-state index contributed by atoms with van der Waals surface area (Å²) >= 11 is 1.10. The first-order chi connectivity index (χ1) is 10.2. The van der Waals surface area contributed by atoms with Crippen LogP contribution < -0.4 is 11.4 Å². The molecule has 12 heteroatoms. The van der Waals surface area contributed by atoms with Crippen LogP contribution in [-0.2, 0) is 6.54 Å². The van der Waals surface area contributed by atoms with Crippen LogP contribution in [0.5, 0.6) is 0 Å². The number of nitrogens with two attached hydrogens (primary N) is 1. The lowest BCUT2D eigenvalue weighted by molar-refractivity contribution is 0.658. The summed E-state index contributed by atoms with van der Waals surface area (Å²) in [5, 5.41) is 11.0. The number of rotatable bonds is 4. The number of nitrogen functional groups attached to an aromatic ring is 1. The molecule has 3 heterocycles. The lowest BCUT2D eigenvalue weighted by Crippen LogP contribution is -2.16. The highest BCUT2D eigenvalue weighted by molar-refractivity contribution is 7.99. The first kappa shape index (κ1) is 13.2. The monoisotopic (exact) mass is 306 g/mol. The van der Waals surface area contributed by atoms with Crippen molar-refractivity contribution >= 4 is 17.7 Å². The maximum atomic E-state index is 11.5. The average Bonchev–Trinajstić information content (AvgIpc) is 3.08. The Hall–Kier alpha value is -2.76. The maximum absolute atomic E-state index is 11.5. The third-order valence-corrected chi connectivity index (χ3v) is 3.33. The molecule has 0 bridgehead atoms. The largest absolute Gasteiger partial charge is 0.368 e. The van der Waals surface area contributed by atoms with E-state index >= 15 is 0 Å². The van der Waals surface area contributed by atoms with Gasteiger partial charge in [-0.1, -0.05) is 0 Å². The molecule has 11 nitrogen and oxygen atoms in total. The summed E-state index contributed by atoms with van der Waals surface area (Å²) in [5.74, 6) is 0.280. The van der Waals surface area contributed by atoms with E-state index < -0.39 is 0 Å². The Morgan fingerprint density at radius 2 is 2.24 bits per heavy atom. The predicted octanol–water partition coefficient (Wildman–Crippen LogP) is -0.910. The van der Waals surface area contributed by atoms with Crippen molar-refractivity contribution in [3.8, 4) is 5.95 Å². The topological polar surface area (TPSA) is 146 Å². The van der Waals surface area contributed by atoms with Gasteiger partial charge in [-0.05, 0) is 18.7 Å². The first-order valence-corrected chi connectivity index (χ1v) is 6.68. The summed E-state index contributed by atoms with van der Waals surface area (Å²) in [5.41, 5.74) is 5.37. The van der Waals surface area contributed by atoms with E-state index in [1.165, 1.54) is 21.9 Å². The van der Waals surface area contributed by atoms with Gasteiger partial charge in [-0.2, -0.15) is 24.7 Å². The van der Waals surface area contributed by atoms with Gasteiger partial charge in [0.15, 0.2) is 5.16 Å². The van der Waals surface area contributed by atoms with Crippen LogP contribution in [0.3, 0.4) is 0 Å². The minimum absolute atomic E-state index is 0.0407. The zero-order valence-corrected chi connectivity index (χ0v) is 11.6. The van der Waals surface area contributed by atoms with Gasteiger partial charge in [0, 0.05) is 6.54 Å². The highest BCUT2D eigenvalue weighted by atomic mass is 32.2. The van der Waals surface area contributed by atoms with Gasteiger partial charge in [0.1, 0.15) is 12.7 Å². The van der Waals surface area contributed by atoms with Crippen LogP contribution >= 0.6 is 11.8 Å². The molecule has 0 atom stereocenters. The molecule has 3 aromatic heterocycles. The molecule has 0 aliphatic heterocycles. The predicted molar refractivity (Wildman–Crippen MR) is 71.8 cm³/mol. The molecular formula is C9H10N10OS. The zero-order valence-electron chi connectivity index (χ0n) is 10.8. The van der Waals surface area contributed by atoms with Crippen molar-refractivity contribution in [1.29, 1.82) is 0 Å². The van der Waals surface area contributed by atoms with Gasteiger partial charge in [-0.15, -0.1) is 5.10 Å². The number of H-pyrrole nitrogens is 1. The molecule has 0 saturated heterocycles. The van der Waals surface area contributed by atoms with E-state index in [0.717, 1.165) is 11.8 Å². The SMILES string of the molecule is CCn1c(Sc2nc(N)nc(-n3cncn3)n2)n[nH]c1=O. The Labute approximate surface area is 121 Å². The quantitative estimate of drug-likeness (QED) is 0.625. The number of hydrogen-bond donors (Lipinski definition) is 2. The van der Waals surface area contributed by atoms with Crippen LogP contribution in [0.1, 0.15) is 6.92 Å². The summed E-state index contributed by atoms with van der Waals surface area (Å²) in [7, 11) is 0. The summed E-state index contributed by atoms with van der Waals surface area (Å²) < 4.78 is 2.82. The Balaban J connectivity index is 1.97. The van der Waals surface area contributed by atoms with E-state index in [9.17, 15) is 4.79 Å². The van der Waals surface area contributed by atoms with E-state index in [4.69, 9.17) is 5.73 Å². The average molecular weight is 306 g/mol. The number of anilines is 1. The van der Waals surface area contributed by atoms with Gasteiger partial charge >= 0.3 is 5.69 Å². The molecule has 0 saturated carbocycles. The Bertz CT molecular complexity index is 806. The molecule has 0 aliphatic rings. The molecular weight excluding hydrogens is 296 g/mol. The van der Waals surface area contributed by atoms with E-state index in [1.807, 2.05) is 6.92 Å². The van der Waals surface area contributed by atoms with Crippen LogP contribution in [-0.4, -0.2) is 44.5 Å². The van der Waals surface area contributed by atoms with Gasteiger partial charge in [-0.3, -0.25) is 4.57 Å². The van der Waals surface area contributed by atoms with Crippen LogP contribution in [0.2, 0.25) is 0 Å². The fourth-order valence-electron chi connectivity index (χ4n) is 1.56. The highest BCUT2D eigenvalue weighted by Gasteiger charge is 2.13. The molecule has 0 aromatic carbocycles. The van der Waals surface area contributed by atoms with E-state index in [-0.39, 0.29) is 17.6 Å². The molecule has 3 rings (SSSR count). The lowest BCUT2D eigenvalue weighted by Gasteiger charge is -2.04. The van der Waals surface area contributed by atoms with Gasteiger partial charge in [0.25, 0.3) is 5.95 Å². The summed E-state index contributed by atoms with van der Waals surface area (Å²) in [6, 6.07) is 0. The number of hydrogen-bond acceptors (Lipinski definition) is 9. The number of aromatic nitrogens is 9. The van der Waals surface area contributed by atoms with Crippen LogP contribution in [0.15, 0.2) is 27.8 Å². The lowest BCUT2D eigenvalue weighted by atomic mass is 10.7. The fraction of sp³-hybridized carbons (Fsp3) is 0.222. The van der Waals surface area contributed by atoms with Crippen molar-refractivity contribution in [3.05, 3.63) is 23.1 Å². The van der Waals surface area contributed by atoms with Crippen LogP contribution in [0.25, 0.3) is 5.95 Å². The summed E-state index contributed by atoms with van der Waals surface area (Å²) in [6.07, 6.45) is 2.80. The molecule has 0 radical (unpaired) electrons. The molecule has 0 fully saturated rings. The van der Waals surface area contributed by atoms with E-state index in [2.05, 4.69) is 35.2 Å². The van der Waals surface area contributed by atoms with E-state index in [0.29, 0.717) is 16.9 Å². The van der Waals surface area contributed by atoms with E-state index in [1.54, 1.807) is 0 Å². The van der Waals surface area contributed by atoms with Crippen LogP contribution in [0, 0.1) is 0 Å². The Kier molecular flexibility index (Phi) is 3.35. The highest BCUT2D eigenvalue weighted by Crippen LogP contribution is 2.22. The van der Waals surface area contributed by atoms with Crippen molar-refractivity contribution in [3.63, 3.8) is 0 Å². The molecule has 0 amide bonds. The molecule has 0 spiro atoms. The van der Waals surface area contributed by atoms with Crippen molar-refractivity contribution in [2.45, 2.75) is 23.8 Å². The van der Waals surface area contributed by atoms with Crippen molar-refractivity contribution in [2.24, 2.45) is 0 Å². The minimum Gasteiger partial charge on any atom is -0.368 e. The van der Waals surface area contributed by atoms with Crippen LogP contribution in [0.4, 0.5) is 5.95 Å². The molecule has 3 aromatic rings. The second-order valence-electron chi connectivity index (χ2n) is 3.77. The summed E-state index contributed by atoms with van der Waals surface area (Å²) in [4.78, 5) is 27.5. The molecule has 0 aliphatic carbocycles. The first-order valence-electron chi connectivity index (χ1n) is 5.87. The normalized spacial score (nSPS) is 10.9. The summed E-state index contributed by atoms with van der Waals surface area (Å²) in [6.45, 7) is 2.32. The second-order valence-corrected chi connectivity index (χ2v) is 4.71. The molecule has 0 unspecified atom stereocenters. The van der Waals surface area contributed by atoms with Gasteiger partial charge in [0.05, 0.1) is 0 Å². The van der Waals surface area contributed by atoms with Crippen molar-refractivity contribution in [2.75, 3.05) is 5.73 Å². The number of nitrogens with zero attached hydrogens (tertiary/aromatic N) is 8. The fourth-order valence-corrected chi connectivity index (χ4v) is 2.41. The van der Waals surface area contributed by atoms with Crippen molar-refractivity contribution < 1.29 is 0 Å². The van der Waals surface area contributed by atoms with Gasteiger partial charge in [-0.25, -0.2) is 14.9 Å². The number of aromatic amines is 1. The molecule has 3 N–H and O–H groups in total. The second kappa shape index (κ2) is 5.32. The number of nitrogens with one attached hydrogen (secondary N) is 1. The Morgan fingerprint density at radius 1 is 1.38 bits per heavy atom. The third kappa shape index (κ3) is 2.60. The zero-order chi connectivity index (χ0) is 14.8. The van der Waals surface area contributed by atoms with Gasteiger partial charge in [0.2, 0.25) is 11.1 Å². The van der Waals surface area contributed by atoms with Crippen molar-refractivity contribution in [1.82, 2.24) is 44.5 Å². The Morgan fingerprint density at radius 3 is 2.95 bits per heavy atom. The standard InChI is InChI=1S/C9H10N10OS/c1-2-18-8(20)16-17-9(18)21-7-14-5(10)13-6(15-7)19-4-11-3-12-19/h3-4H,2H2,1H3,(H,16,20)(H2,10,13,14,15). The minimum atomic E-state index is -0.293. The van der Waals surface area contributed by atoms with Gasteiger partial charge < -0.3 is 5.73 Å². The molecule has 108 valence electrons. The smallest absolute Gasteiger partial charge is 0.343 e. The molecule has 21 heavy (non-hydrogen) atoms.